The first kappa shape index (κ1) is 17.3. The van der Waals surface area contributed by atoms with Crippen molar-refractivity contribution in [2.24, 2.45) is 0 Å². The van der Waals surface area contributed by atoms with Gasteiger partial charge in [-0.2, -0.15) is 0 Å². The molecule has 1 aliphatic carbocycles. The smallest absolute Gasteiger partial charge is 0.339 e. The third-order valence-corrected chi connectivity index (χ3v) is 5.33. The molecule has 1 amide bonds. The lowest BCUT2D eigenvalue weighted by molar-refractivity contribution is -0.136. The van der Waals surface area contributed by atoms with E-state index in [2.05, 4.69) is 5.32 Å². The number of amides is 1. The number of hydrogen-bond acceptors (Lipinski definition) is 4. The van der Waals surface area contributed by atoms with E-state index in [9.17, 15) is 14.4 Å². The van der Waals surface area contributed by atoms with Gasteiger partial charge in [0.05, 0.1) is 12.0 Å². The molecule has 1 aliphatic heterocycles. The lowest BCUT2D eigenvalue weighted by Gasteiger charge is -2.48. The Kier molecular flexibility index (Phi) is 4.18. The maximum Gasteiger partial charge on any atom is 0.339 e. The number of nitrogens with one attached hydrogen (secondary N) is 1. The molecule has 0 aromatic heterocycles. The molecule has 2 aromatic rings. The molecule has 0 saturated heterocycles. The predicted molar refractivity (Wildman–Crippen MR) is 97.6 cm³/mol. The standard InChI is InChI=1S/C21H19NO5/c23-17(24)12-13-5-3-6-14(11-13)22-19(25)18-15-7-1-2-8-16(15)20(26)27-21(18)9-4-10-21/h1-3,5-8,11,18H,4,9-10,12H2,(H,22,25)(H,23,24). The van der Waals surface area contributed by atoms with Gasteiger partial charge in [-0.3, -0.25) is 9.59 Å². The minimum absolute atomic E-state index is 0.114. The molecule has 6 nitrogen and oxygen atoms in total. The lowest BCUT2D eigenvalue weighted by Crippen LogP contribution is -2.54. The number of carbonyl (C=O) groups excluding carboxylic acids is 2. The molecule has 0 bridgehead atoms. The van der Waals surface area contributed by atoms with Crippen molar-refractivity contribution in [3.63, 3.8) is 0 Å². The van der Waals surface area contributed by atoms with E-state index in [1.54, 1.807) is 42.5 Å². The van der Waals surface area contributed by atoms with Crippen LogP contribution in [-0.4, -0.2) is 28.6 Å². The fraction of sp³-hybridized carbons (Fsp3) is 0.286. The van der Waals surface area contributed by atoms with Gasteiger partial charge in [0.15, 0.2) is 0 Å². The molecule has 2 N–H and O–H groups in total. The van der Waals surface area contributed by atoms with Crippen LogP contribution in [0.1, 0.15) is 46.7 Å². The van der Waals surface area contributed by atoms with Gasteiger partial charge in [0.2, 0.25) is 5.91 Å². The second-order valence-corrected chi connectivity index (χ2v) is 7.09. The number of rotatable bonds is 4. The van der Waals surface area contributed by atoms with Crippen LogP contribution in [0.4, 0.5) is 5.69 Å². The van der Waals surface area contributed by atoms with Gasteiger partial charge < -0.3 is 15.2 Å². The normalized spacial score (nSPS) is 19.6. The van der Waals surface area contributed by atoms with Crippen LogP contribution in [0.5, 0.6) is 0 Å². The number of esters is 1. The number of carboxylic acids is 1. The highest BCUT2D eigenvalue weighted by atomic mass is 16.6. The molecule has 1 unspecified atom stereocenters. The Morgan fingerprint density at radius 2 is 1.93 bits per heavy atom. The number of ether oxygens (including phenoxy) is 1. The fourth-order valence-corrected chi connectivity index (χ4v) is 3.96. The average molecular weight is 365 g/mol. The van der Waals surface area contributed by atoms with E-state index >= 15 is 0 Å². The summed E-state index contributed by atoms with van der Waals surface area (Å²) in [5.74, 6) is -2.14. The molecule has 27 heavy (non-hydrogen) atoms. The van der Waals surface area contributed by atoms with E-state index in [0.29, 0.717) is 35.2 Å². The highest BCUT2D eigenvalue weighted by Crippen LogP contribution is 2.51. The van der Waals surface area contributed by atoms with Gasteiger partial charge in [-0.15, -0.1) is 0 Å². The molecule has 1 atom stereocenters. The third kappa shape index (κ3) is 3.07. The Morgan fingerprint density at radius 3 is 2.63 bits per heavy atom. The summed E-state index contributed by atoms with van der Waals surface area (Å²) in [4.78, 5) is 36.4. The van der Waals surface area contributed by atoms with Gasteiger partial charge >= 0.3 is 11.9 Å². The highest BCUT2D eigenvalue weighted by Gasteiger charge is 2.55. The van der Waals surface area contributed by atoms with Crippen molar-refractivity contribution in [3.8, 4) is 0 Å². The second kappa shape index (κ2) is 6.54. The molecule has 2 aromatic carbocycles. The number of fused-ring (bicyclic) bond motifs is 1. The first-order valence-electron chi connectivity index (χ1n) is 8.92. The molecule has 1 fully saturated rings. The predicted octanol–water partition coefficient (Wildman–Crippen LogP) is 3.13. The Bertz CT molecular complexity index is 932. The van der Waals surface area contributed by atoms with Crippen molar-refractivity contribution in [1.82, 2.24) is 0 Å². The maximum atomic E-state index is 13.2. The van der Waals surface area contributed by atoms with Crippen LogP contribution in [0.3, 0.4) is 0 Å². The van der Waals surface area contributed by atoms with Crippen LogP contribution in [0, 0.1) is 0 Å². The largest absolute Gasteiger partial charge is 0.481 e. The van der Waals surface area contributed by atoms with Gasteiger partial charge in [0.25, 0.3) is 0 Å². The second-order valence-electron chi connectivity index (χ2n) is 7.09. The number of carboxylic acid groups (broad SMARTS) is 1. The van der Waals surface area contributed by atoms with Crippen molar-refractivity contribution >= 4 is 23.5 Å². The Morgan fingerprint density at radius 1 is 1.15 bits per heavy atom. The molecular weight excluding hydrogens is 346 g/mol. The number of hydrogen-bond donors (Lipinski definition) is 2. The van der Waals surface area contributed by atoms with Crippen LogP contribution in [0.25, 0.3) is 0 Å². The molecule has 138 valence electrons. The van der Waals surface area contributed by atoms with Crippen molar-refractivity contribution in [1.29, 1.82) is 0 Å². The van der Waals surface area contributed by atoms with Gasteiger partial charge in [0.1, 0.15) is 11.5 Å². The molecular formula is C21H19NO5. The van der Waals surface area contributed by atoms with Gasteiger partial charge in [-0.25, -0.2) is 4.79 Å². The molecule has 6 heteroatoms. The van der Waals surface area contributed by atoms with E-state index in [1.807, 2.05) is 6.07 Å². The van der Waals surface area contributed by atoms with Gasteiger partial charge in [0, 0.05) is 5.69 Å². The van der Waals surface area contributed by atoms with Gasteiger partial charge in [-0.1, -0.05) is 30.3 Å². The minimum Gasteiger partial charge on any atom is -0.481 e. The summed E-state index contributed by atoms with van der Waals surface area (Å²) in [5.41, 5.74) is 1.47. The number of carbonyl (C=O) groups is 3. The number of anilines is 1. The van der Waals surface area contributed by atoms with E-state index in [-0.39, 0.29) is 18.3 Å². The zero-order valence-electron chi connectivity index (χ0n) is 14.6. The van der Waals surface area contributed by atoms with Crippen LogP contribution < -0.4 is 5.32 Å². The first-order chi connectivity index (χ1) is 13.0. The monoisotopic (exact) mass is 365 g/mol. The van der Waals surface area contributed by atoms with E-state index in [4.69, 9.17) is 9.84 Å². The van der Waals surface area contributed by atoms with Crippen LogP contribution in [0.15, 0.2) is 48.5 Å². The van der Waals surface area contributed by atoms with Crippen molar-refractivity contribution < 1.29 is 24.2 Å². The topological polar surface area (TPSA) is 92.7 Å². The van der Waals surface area contributed by atoms with E-state index < -0.39 is 17.5 Å². The van der Waals surface area contributed by atoms with Crippen LogP contribution >= 0.6 is 0 Å². The maximum absolute atomic E-state index is 13.2. The zero-order valence-corrected chi connectivity index (χ0v) is 14.6. The van der Waals surface area contributed by atoms with E-state index in [1.165, 1.54) is 0 Å². The van der Waals surface area contributed by atoms with Gasteiger partial charge in [-0.05, 0) is 48.6 Å². The summed E-state index contributed by atoms with van der Waals surface area (Å²) >= 11 is 0. The number of aliphatic carboxylic acids is 1. The van der Waals surface area contributed by atoms with Crippen molar-refractivity contribution in [3.05, 3.63) is 65.2 Å². The molecule has 1 heterocycles. The molecule has 0 radical (unpaired) electrons. The molecule has 2 aliphatic rings. The first-order valence-corrected chi connectivity index (χ1v) is 8.92. The Balaban J connectivity index is 1.65. The Labute approximate surface area is 156 Å². The third-order valence-electron chi connectivity index (χ3n) is 5.33. The summed E-state index contributed by atoms with van der Waals surface area (Å²) in [6.45, 7) is 0. The minimum atomic E-state index is -0.931. The van der Waals surface area contributed by atoms with E-state index in [0.717, 1.165) is 6.42 Å². The lowest BCUT2D eigenvalue weighted by atomic mass is 9.66. The summed E-state index contributed by atoms with van der Waals surface area (Å²) in [7, 11) is 0. The van der Waals surface area contributed by atoms with Crippen molar-refractivity contribution in [2.45, 2.75) is 37.2 Å². The summed E-state index contributed by atoms with van der Waals surface area (Å²) in [6, 6.07) is 13.8. The summed E-state index contributed by atoms with van der Waals surface area (Å²) < 4.78 is 5.71. The summed E-state index contributed by atoms with van der Waals surface area (Å²) in [6.07, 6.45) is 2.11. The quantitative estimate of drug-likeness (QED) is 0.812. The number of benzene rings is 2. The average Bonchev–Trinajstić information content (AvgIpc) is 2.60. The highest BCUT2D eigenvalue weighted by molar-refractivity contribution is 6.02. The molecule has 1 spiro atoms. The van der Waals surface area contributed by atoms with Crippen molar-refractivity contribution in [2.75, 3.05) is 5.32 Å². The van der Waals surface area contributed by atoms with Crippen LogP contribution in [0.2, 0.25) is 0 Å². The van der Waals surface area contributed by atoms with Crippen LogP contribution in [-0.2, 0) is 20.7 Å². The Hall–Kier alpha value is -3.15. The molecule has 4 rings (SSSR count). The zero-order chi connectivity index (χ0) is 19.0. The summed E-state index contributed by atoms with van der Waals surface area (Å²) in [5, 5.41) is 11.8. The SMILES string of the molecule is O=C(O)Cc1cccc(NC(=O)C2c3ccccc3C(=O)OC23CCC3)c1. The molecule has 1 saturated carbocycles. The fourth-order valence-electron chi connectivity index (χ4n) is 3.96.